The lowest BCUT2D eigenvalue weighted by atomic mass is 10.2. The van der Waals surface area contributed by atoms with E-state index in [4.69, 9.17) is 5.11 Å². The van der Waals surface area contributed by atoms with Gasteiger partial charge in [0, 0.05) is 12.2 Å². The van der Waals surface area contributed by atoms with Gasteiger partial charge in [0.1, 0.15) is 5.75 Å². The predicted molar refractivity (Wildman–Crippen MR) is 75.5 cm³/mol. The number of halogens is 1. The van der Waals surface area contributed by atoms with Crippen LogP contribution in [0.5, 0.6) is 5.75 Å². The van der Waals surface area contributed by atoms with Crippen molar-refractivity contribution in [1.29, 1.82) is 0 Å². The summed E-state index contributed by atoms with van der Waals surface area (Å²) in [5.74, 6) is 0.242. The third-order valence-electron chi connectivity index (χ3n) is 2.65. The maximum absolute atomic E-state index is 9.40. The van der Waals surface area contributed by atoms with Gasteiger partial charge in [-0.15, -0.1) is 0 Å². The number of aliphatic hydroxyl groups excluding tert-OH is 1. The van der Waals surface area contributed by atoms with Gasteiger partial charge in [-0.25, -0.2) is 0 Å². The van der Waals surface area contributed by atoms with Crippen LogP contribution in [0.2, 0.25) is 0 Å². The van der Waals surface area contributed by atoms with E-state index >= 15 is 0 Å². The maximum Gasteiger partial charge on any atom is 0.129 e. The first-order chi connectivity index (χ1) is 8.69. The number of phenols is 1. The van der Waals surface area contributed by atoms with Crippen LogP contribution in [0.3, 0.4) is 0 Å². The summed E-state index contributed by atoms with van der Waals surface area (Å²) >= 11 is 3.29. The van der Waals surface area contributed by atoms with Gasteiger partial charge in [-0.2, -0.15) is 0 Å². The lowest BCUT2D eigenvalue weighted by molar-refractivity contribution is 0.282. The molecule has 18 heavy (non-hydrogen) atoms. The molecule has 0 radical (unpaired) electrons. The largest absolute Gasteiger partial charge is 0.507 e. The molecule has 0 bridgehead atoms. The average Bonchev–Trinajstić information content (AvgIpc) is 2.41. The molecule has 0 heterocycles. The molecule has 0 amide bonds. The molecule has 0 aromatic heterocycles. The second-order valence-electron chi connectivity index (χ2n) is 3.99. The lowest BCUT2D eigenvalue weighted by Gasteiger charge is -2.08. The van der Waals surface area contributed by atoms with Gasteiger partial charge in [0.25, 0.3) is 0 Å². The molecule has 4 heteroatoms. The van der Waals surface area contributed by atoms with Crippen molar-refractivity contribution in [3.05, 3.63) is 58.1 Å². The van der Waals surface area contributed by atoms with Crippen molar-refractivity contribution in [3.8, 4) is 5.75 Å². The Morgan fingerprint density at radius 3 is 2.28 bits per heavy atom. The molecule has 0 spiro atoms. The summed E-state index contributed by atoms with van der Waals surface area (Å²) in [6.45, 7) is 0.739. The number of hydrogen-bond acceptors (Lipinski definition) is 3. The van der Waals surface area contributed by atoms with Crippen molar-refractivity contribution in [2.45, 2.75) is 13.2 Å². The molecule has 2 aromatic rings. The Morgan fingerprint density at radius 1 is 1.00 bits per heavy atom. The summed E-state index contributed by atoms with van der Waals surface area (Å²) < 4.78 is 0.692. The molecular formula is C14H14BrNO2. The number of nitrogens with one attached hydrogen (secondary N) is 1. The Balaban J connectivity index is 1.99. The molecule has 0 saturated carbocycles. The number of aromatic hydroxyl groups is 1. The summed E-state index contributed by atoms with van der Waals surface area (Å²) in [6.07, 6.45) is 0. The second-order valence-corrected chi connectivity index (χ2v) is 4.85. The van der Waals surface area contributed by atoms with Gasteiger partial charge in [-0.3, -0.25) is 0 Å². The Hall–Kier alpha value is -1.52. The summed E-state index contributed by atoms with van der Waals surface area (Å²) in [4.78, 5) is 0. The van der Waals surface area contributed by atoms with E-state index in [0.29, 0.717) is 11.0 Å². The Bertz CT molecular complexity index is 526. The van der Waals surface area contributed by atoms with E-state index in [1.54, 1.807) is 6.07 Å². The molecule has 0 aliphatic rings. The number of phenolic OH excluding ortho intramolecular Hbond substituents is 1. The smallest absolute Gasteiger partial charge is 0.129 e. The zero-order valence-electron chi connectivity index (χ0n) is 9.73. The fourth-order valence-corrected chi connectivity index (χ4v) is 2.02. The summed E-state index contributed by atoms with van der Waals surface area (Å²) in [5.41, 5.74) is 2.97. The van der Waals surface area contributed by atoms with Crippen molar-refractivity contribution < 1.29 is 10.2 Å². The Morgan fingerprint density at radius 2 is 1.67 bits per heavy atom. The van der Waals surface area contributed by atoms with Crippen LogP contribution in [0.4, 0.5) is 5.69 Å². The minimum Gasteiger partial charge on any atom is -0.507 e. The van der Waals surface area contributed by atoms with Crippen molar-refractivity contribution in [3.63, 3.8) is 0 Å². The first-order valence-electron chi connectivity index (χ1n) is 5.60. The fraction of sp³-hybridized carbons (Fsp3) is 0.143. The second kappa shape index (κ2) is 5.89. The predicted octanol–water partition coefficient (Wildman–Crippen LogP) is 3.26. The standard InChI is InChI=1S/C14H14BrNO2/c15-13-7-11(3-6-14(13)18)8-16-12-4-1-10(9-17)2-5-12/h1-7,16-18H,8-9H2. The van der Waals surface area contributed by atoms with E-state index in [1.165, 1.54) is 0 Å². The zero-order valence-corrected chi connectivity index (χ0v) is 11.3. The van der Waals surface area contributed by atoms with E-state index in [1.807, 2.05) is 36.4 Å². The fourth-order valence-electron chi connectivity index (χ4n) is 1.59. The number of rotatable bonds is 4. The quantitative estimate of drug-likeness (QED) is 0.812. The summed E-state index contributed by atoms with van der Waals surface area (Å²) in [5, 5.41) is 21.6. The Labute approximate surface area is 114 Å². The third kappa shape index (κ3) is 3.24. The van der Waals surface area contributed by atoms with Crippen LogP contribution in [0, 0.1) is 0 Å². The topological polar surface area (TPSA) is 52.5 Å². The van der Waals surface area contributed by atoms with Crippen LogP contribution in [-0.2, 0) is 13.2 Å². The number of anilines is 1. The van der Waals surface area contributed by atoms with E-state index in [9.17, 15) is 5.11 Å². The molecular weight excluding hydrogens is 294 g/mol. The van der Waals surface area contributed by atoms with Gasteiger partial charge >= 0.3 is 0 Å². The van der Waals surface area contributed by atoms with Crippen LogP contribution in [0.15, 0.2) is 46.9 Å². The highest BCUT2D eigenvalue weighted by molar-refractivity contribution is 9.10. The van der Waals surface area contributed by atoms with E-state index in [-0.39, 0.29) is 12.4 Å². The highest BCUT2D eigenvalue weighted by Crippen LogP contribution is 2.24. The van der Waals surface area contributed by atoms with Crippen LogP contribution >= 0.6 is 15.9 Å². The Kier molecular flexibility index (Phi) is 4.23. The maximum atomic E-state index is 9.40. The number of benzene rings is 2. The van der Waals surface area contributed by atoms with E-state index in [2.05, 4.69) is 21.2 Å². The van der Waals surface area contributed by atoms with Gasteiger partial charge in [0.15, 0.2) is 0 Å². The first kappa shape index (κ1) is 12.9. The highest BCUT2D eigenvalue weighted by Gasteiger charge is 2.00. The van der Waals surface area contributed by atoms with Crippen LogP contribution in [0.25, 0.3) is 0 Å². The highest BCUT2D eigenvalue weighted by atomic mass is 79.9. The zero-order chi connectivity index (χ0) is 13.0. The van der Waals surface area contributed by atoms with Crippen LogP contribution < -0.4 is 5.32 Å². The third-order valence-corrected chi connectivity index (χ3v) is 3.28. The first-order valence-corrected chi connectivity index (χ1v) is 6.39. The molecule has 2 rings (SSSR count). The van der Waals surface area contributed by atoms with Crippen LogP contribution in [-0.4, -0.2) is 10.2 Å². The molecule has 3 nitrogen and oxygen atoms in total. The van der Waals surface area contributed by atoms with Crippen molar-refractivity contribution in [1.82, 2.24) is 0 Å². The monoisotopic (exact) mass is 307 g/mol. The molecule has 2 aromatic carbocycles. The van der Waals surface area contributed by atoms with Crippen molar-refractivity contribution in [2.24, 2.45) is 0 Å². The SMILES string of the molecule is OCc1ccc(NCc2ccc(O)c(Br)c2)cc1. The molecule has 0 unspecified atom stereocenters. The van der Waals surface area contributed by atoms with Gasteiger partial charge in [-0.05, 0) is 51.3 Å². The van der Waals surface area contributed by atoms with Gasteiger partial charge in [0.05, 0.1) is 11.1 Å². The molecule has 0 aliphatic carbocycles. The molecule has 0 saturated heterocycles. The normalized spacial score (nSPS) is 10.3. The number of hydrogen-bond donors (Lipinski definition) is 3. The summed E-state index contributed by atoms with van der Waals surface area (Å²) in [6, 6.07) is 13.0. The van der Waals surface area contributed by atoms with Gasteiger partial charge < -0.3 is 15.5 Å². The van der Waals surface area contributed by atoms with Crippen molar-refractivity contribution >= 4 is 21.6 Å². The van der Waals surface area contributed by atoms with Crippen molar-refractivity contribution in [2.75, 3.05) is 5.32 Å². The molecule has 3 N–H and O–H groups in total. The van der Waals surface area contributed by atoms with Gasteiger partial charge in [0.2, 0.25) is 0 Å². The molecule has 0 atom stereocenters. The molecule has 0 fully saturated rings. The minimum absolute atomic E-state index is 0.0607. The lowest BCUT2D eigenvalue weighted by Crippen LogP contribution is -1.99. The van der Waals surface area contributed by atoms with Crippen LogP contribution in [0.1, 0.15) is 11.1 Å². The van der Waals surface area contributed by atoms with Gasteiger partial charge in [-0.1, -0.05) is 18.2 Å². The number of aliphatic hydroxyl groups is 1. The average molecular weight is 308 g/mol. The summed E-state index contributed by atoms with van der Waals surface area (Å²) in [7, 11) is 0. The minimum atomic E-state index is 0.0607. The van der Waals surface area contributed by atoms with E-state index in [0.717, 1.165) is 16.8 Å². The van der Waals surface area contributed by atoms with E-state index < -0.39 is 0 Å². The molecule has 94 valence electrons. The molecule has 0 aliphatic heterocycles.